The lowest BCUT2D eigenvalue weighted by molar-refractivity contribution is 0.0686. The predicted molar refractivity (Wildman–Crippen MR) is 207 cm³/mol. The Kier molecular flexibility index (Phi) is 11.0. The van der Waals surface area contributed by atoms with Crippen LogP contribution in [0, 0.1) is 0 Å². The SMILES string of the molecule is O=C(O)c1cccc(-c2cc3c(O)c(c2)COCc2cc(-c4cccc(C(=O)O)c4)cc(c2O)COCc2cc(-c4cccc(C(=O)O)c4)cc(c2O)COC3)c1. The number of carbonyl (C=O) groups is 3. The molecule has 1 heterocycles. The van der Waals surface area contributed by atoms with Gasteiger partial charge in [-0.25, -0.2) is 14.4 Å². The van der Waals surface area contributed by atoms with Crippen LogP contribution in [0.1, 0.15) is 64.5 Å². The molecule has 0 saturated carbocycles. The molecule has 12 heteroatoms. The third-order valence-electron chi connectivity index (χ3n) is 9.68. The highest BCUT2D eigenvalue weighted by atomic mass is 16.5. The minimum absolute atomic E-state index is 0.0710. The number of aromatic carboxylic acids is 3. The number of carboxylic acid groups (broad SMARTS) is 3. The first kappa shape index (κ1) is 38.3. The summed E-state index contributed by atoms with van der Waals surface area (Å²) in [6, 6.07) is 29.1. The number of phenols is 3. The van der Waals surface area contributed by atoms with E-state index in [1.165, 1.54) is 36.4 Å². The molecule has 0 fully saturated rings. The van der Waals surface area contributed by atoms with Crippen LogP contribution in [0.2, 0.25) is 0 Å². The fraction of sp³-hybridized carbons (Fsp3) is 0.133. The Morgan fingerprint density at radius 3 is 0.789 bits per heavy atom. The van der Waals surface area contributed by atoms with Crippen LogP contribution in [-0.2, 0) is 53.9 Å². The predicted octanol–water partition coefficient (Wildman–Crippen LogP) is 8.36. The molecule has 12 nitrogen and oxygen atoms in total. The molecule has 7 rings (SSSR count). The van der Waals surface area contributed by atoms with Gasteiger partial charge < -0.3 is 44.8 Å². The van der Waals surface area contributed by atoms with Crippen molar-refractivity contribution < 1.29 is 59.2 Å². The number of benzene rings is 6. The smallest absolute Gasteiger partial charge is 0.335 e. The lowest BCUT2D eigenvalue weighted by Gasteiger charge is -2.18. The maximum atomic E-state index is 11.8. The highest BCUT2D eigenvalue weighted by Gasteiger charge is 2.19. The van der Waals surface area contributed by atoms with Gasteiger partial charge in [-0.3, -0.25) is 0 Å². The zero-order valence-corrected chi connectivity index (χ0v) is 30.3. The Morgan fingerprint density at radius 1 is 0.351 bits per heavy atom. The summed E-state index contributed by atoms with van der Waals surface area (Å²) in [6.07, 6.45) is 0. The summed E-state index contributed by atoms with van der Waals surface area (Å²) < 4.78 is 18.3. The van der Waals surface area contributed by atoms with Gasteiger partial charge >= 0.3 is 17.9 Å². The maximum Gasteiger partial charge on any atom is 0.335 e. The van der Waals surface area contributed by atoms with Crippen LogP contribution in [-0.4, -0.2) is 48.5 Å². The van der Waals surface area contributed by atoms with Crippen molar-refractivity contribution in [3.63, 3.8) is 0 Å². The Balaban J connectivity index is 1.34. The Labute approximate surface area is 326 Å². The Morgan fingerprint density at radius 2 is 0.579 bits per heavy atom. The molecule has 0 radical (unpaired) electrons. The lowest BCUT2D eigenvalue weighted by atomic mass is 9.97. The first-order valence-corrected chi connectivity index (χ1v) is 17.7. The van der Waals surface area contributed by atoms with Crippen molar-refractivity contribution in [2.24, 2.45) is 0 Å². The van der Waals surface area contributed by atoms with Gasteiger partial charge in [0.1, 0.15) is 17.2 Å². The van der Waals surface area contributed by atoms with Gasteiger partial charge in [-0.05, 0) is 106 Å². The van der Waals surface area contributed by atoms with Gasteiger partial charge in [0.25, 0.3) is 0 Å². The quantitative estimate of drug-likeness (QED) is 0.0947. The second-order valence-corrected chi connectivity index (χ2v) is 13.6. The fourth-order valence-electron chi connectivity index (χ4n) is 6.75. The van der Waals surface area contributed by atoms with Crippen molar-refractivity contribution in [3.05, 3.63) is 159 Å². The largest absolute Gasteiger partial charge is 0.507 e. The van der Waals surface area contributed by atoms with Gasteiger partial charge in [0, 0.05) is 33.4 Å². The molecule has 6 N–H and O–H groups in total. The molecule has 6 bridgehead atoms. The van der Waals surface area contributed by atoms with E-state index in [0.29, 0.717) is 66.8 Å². The highest BCUT2D eigenvalue weighted by Crippen LogP contribution is 2.37. The summed E-state index contributed by atoms with van der Waals surface area (Å²) in [6.45, 7) is -0.768. The summed E-state index contributed by atoms with van der Waals surface area (Å²) in [5.41, 5.74) is 5.77. The minimum atomic E-state index is -1.10. The van der Waals surface area contributed by atoms with Gasteiger partial charge in [0.15, 0.2) is 0 Å². The number of fused-ring (bicyclic) bond motifs is 6. The van der Waals surface area contributed by atoms with E-state index in [9.17, 15) is 45.0 Å². The molecule has 288 valence electrons. The van der Waals surface area contributed by atoms with E-state index >= 15 is 0 Å². The number of ether oxygens (including phenoxy) is 3. The topological polar surface area (TPSA) is 200 Å². The number of carboxylic acids is 3. The molecule has 0 spiro atoms. The summed E-state index contributed by atoms with van der Waals surface area (Å²) in [5.74, 6) is -3.70. The molecule has 1 aliphatic heterocycles. The second kappa shape index (κ2) is 16.4. The molecule has 0 aromatic heterocycles. The molecular formula is C45H36O12. The first-order chi connectivity index (χ1) is 27.4. The normalized spacial score (nSPS) is 13.3. The zero-order valence-electron chi connectivity index (χ0n) is 30.3. The average molecular weight is 769 g/mol. The minimum Gasteiger partial charge on any atom is -0.507 e. The van der Waals surface area contributed by atoms with E-state index in [1.54, 1.807) is 72.8 Å². The summed E-state index contributed by atoms with van der Waals surface area (Å²) in [5, 5.41) is 63.4. The lowest BCUT2D eigenvalue weighted by Crippen LogP contribution is -2.04. The van der Waals surface area contributed by atoms with Crippen molar-refractivity contribution >= 4 is 17.9 Å². The van der Waals surface area contributed by atoms with Gasteiger partial charge in [-0.1, -0.05) is 36.4 Å². The van der Waals surface area contributed by atoms with E-state index in [1.807, 2.05) is 0 Å². The molecule has 0 aliphatic carbocycles. The van der Waals surface area contributed by atoms with Crippen molar-refractivity contribution in [3.8, 4) is 50.6 Å². The van der Waals surface area contributed by atoms with Crippen LogP contribution in [0.4, 0.5) is 0 Å². The van der Waals surface area contributed by atoms with Crippen molar-refractivity contribution in [1.82, 2.24) is 0 Å². The number of rotatable bonds is 6. The number of aromatic hydroxyl groups is 3. The first-order valence-electron chi connectivity index (χ1n) is 17.7. The third-order valence-corrected chi connectivity index (χ3v) is 9.68. The molecular weight excluding hydrogens is 732 g/mol. The van der Waals surface area contributed by atoms with Crippen LogP contribution in [0.15, 0.2) is 109 Å². The van der Waals surface area contributed by atoms with Crippen LogP contribution < -0.4 is 0 Å². The number of hydrogen-bond acceptors (Lipinski definition) is 9. The molecule has 57 heavy (non-hydrogen) atoms. The summed E-state index contributed by atoms with van der Waals surface area (Å²) in [4.78, 5) is 35.4. The molecule has 0 unspecified atom stereocenters. The monoisotopic (exact) mass is 768 g/mol. The van der Waals surface area contributed by atoms with Gasteiger partial charge in [0.2, 0.25) is 0 Å². The molecule has 0 amide bonds. The number of phenolic OH excluding ortho intramolecular Hbond substituents is 3. The summed E-state index contributed by atoms with van der Waals surface area (Å²) in [7, 11) is 0. The maximum absolute atomic E-state index is 11.8. The molecule has 0 atom stereocenters. The average Bonchev–Trinajstić information content (AvgIpc) is 3.21. The molecule has 1 aliphatic rings. The molecule has 6 aromatic rings. The molecule has 6 aromatic carbocycles. The zero-order chi connectivity index (χ0) is 40.2. The van der Waals surface area contributed by atoms with Crippen molar-refractivity contribution in [1.29, 1.82) is 0 Å². The third kappa shape index (κ3) is 8.48. The Bertz CT molecular complexity index is 2190. The number of hydrogen-bond donors (Lipinski definition) is 6. The van der Waals surface area contributed by atoms with Crippen LogP contribution in [0.25, 0.3) is 33.4 Å². The van der Waals surface area contributed by atoms with E-state index in [2.05, 4.69) is 0 Å². The van der Waals surface area contributed by atoms with E-state index < -0.39 is 17.9 Å². The fourth-order valence-corrected chi connectivity index (χ4v) is 6.75. The molecule has 0 saturated heterocycles. The van der Waals surface area contributed by atoms with Crippen LogP contribution in [0.5, 0.6) is 17.2 Å². The van der Waals surface area contributed by atoms with E-state index in [0.717, 1.165) is 0 Å². The second-order valence-electron chi connectivity index (χ2n) is 13.6. The Hall–Kier alpha value is -6.99. The van der Waals surface area contributed by atoms with E-state index in [-0.39, 0.29) is 73.6 Å². The van der Waals surface area contributed by atoms with E-state index in [4.69, 9.17) is 14.2 Å². The van der Waals surface area contributed by atoms with Gasteiger partial charge in [-0.15, -0.1) is 0 Å². The summed E-state index contributed by atoms with van der Waals surface area (Å²) >= 11 is 0. The van der Waals surface area contributed by atoms with Crippen molar-refractivity contribution in [2.75, 3.05) is 0 Å². The highest BCUT2D eigenvalue weighted by molar-refractivity contribution is 5.91. The van der Waals surface area contributed by atoms with Crippen molar-refractivity contribution in [2.45, 2.75) is 39.6 Å². The van der Waals surface area contributed by atoms with Crippen LogP contribution in [0.3, 0.4) is 0 Å². The standard InChI is InChI=1S/C45H36O12/c46-40-34-13-31(25-4-1-7-28(10-25)43(49)50)14-35(40)20-56-22-37-16-33(27-6-3-9-30(12-27)45(53)54)18-39(42(37)48)24-57-23-38-17-32(15-36(41(38)47)21-55-19-34)26-5-2-8-29(11-26)44(51)52/h1-18,46-48H,19-24H2,(H,49,50)(H,51,52)(H,53,54). The van der Waals surface area contributed by atoms with Gasteiger partial charge in [-0.2, -0.15) is 0 Å². The van der Waals surface area contributed by atoms with Gasteiger partial charge in [0.05, 0.1) is 56.3 Å². The van der Waals surface area contributed by atoms with Crippen LogP contribution >= 0.6 is 0 Å².